The van der Waals surface area contributed by atoms with Crippen LogP contribution in [-0.2, 0) is 0 Å². The van der Waals surface area contributed by atoms with Crippen LogP contribution in [0.15, 0.2) is 24.3 Å². The fraction of sp³-hybridized carbons (Fsp3) is 0.538. The van der Waals surface area contributed by atoms with E-state index in [0.717, 1.165) is 18.5 Å². The van der Waals surface area contributed by atoms with E-state index in [4.69, 9.17) is 5.73 Å². The maximum absolute atomic E-state index is 13.2. The lowest BCUT2D eigenvalue weighted by Gasteiger charge is -2.30. The summed E-state index contributed by atoms with van der Waals surface area (Å²) in [5.41, 5.74) is 7.12. The Hall–Kier alpha value is -0.930. The molecule has 0 bridgehead atoms. The number of benzene rings is 1. The summed E-state index contributed by atoms with van der Waals surface area (Å²) in [5, 5.41) is 0. The molecule has 1 fully saturated rings. The number of nitrogens with zero attached hydrogens (tertiary/aromatic N) is 1. The molecule has 1 aliphatic rings. The van der Waals surface area contributed by atoms with Crippen LogP contribution in [0.4, 0.5) is 4.39 Å². The van der Waals surface area contributed by atoms with Crippen molar-refractivity contribution in [3.8, 4) is 0 Å². The average Bonchev–Trinajstić information content (AvgIpc) is 2.60. The van der Waals surface area contributed by atoms with E-state index in [2.05, 4.69) is 18.7 Å². The van der Waals surface area contributed by atoms with Gasteiger partial charge in [-0.15, -0.1) is 0 Å². The van der Waals surface area contributed by atoms with Crippen LogP contribution in [0.2, 0.25) is 0 Å². The first-order chi connectivity index (χ1) is 7.59. The zero-order valence-electron chi connectivity index (χ0n) is 9.86. The molecule has 16 heavy (non-hydrogen) atoms. The molecule has 0 unspecified atom stereocenters. The molecule has 0 radical (unpaired) electrons. The van der Waals surface area contributed by atoms with Crippen LogP contribution in [0.3, 0.4) is 0 Å². The second kappa shape index (κ2) is 4.52. The van der Waals surface area contributed by atoms with Gasteiger partial charge in [-0.05, 0) is 38.0 Å². The van der Waals surface area contributed by atoms with Crippen molar-refractivity contribution in [2.45, 2.75) is 38.4 Å². The number of rotatable bonds is 2. The third kappa shape index (κ3) is 2.11. The molecule has 1 aromatic rings. The minimum absolute atomic E-state index is 0.115. The van der Waals surface area contributed by atoms with Crippen LogP contribution in [-0.4, -0.2) is 23.5 Å². The van der Waals surface area contributed by atoms with Crippen LogP contribution < -0.4 is 5.73 Å². The molecule has 2 N–H and O–H groups in total. The fourth-order valence-electron chi connectivity index (χ4n) is 2.55. The van der Waals surface area contributed by atoms with Crippen LogP contribution in [0.1, 0.15) is 31.9 Å². The summed E-state index contributed by atoms with van der Waals surface area (Å²) in [6.07, 6.45) is 0.985. The van der Waals surface area contributed by atoms with Gasteiger partial charge >= 0.3 is 0 Å². The first-order valence-corrected chi connectivity index (χ1v) is 5.86. The van der Waals surface area contributed by atoms with Crippen LogP contribution in [0.5, 0.6) is 0 Å². The van der Waals surface area contributed by atoms with E-state index in [1.54, 1.807) is 12.1 Å². The minimum Gasteiger partial charge on any atom is -0.326 e. The molecule has 2 nitrogen and oxygen atoms in total. The molecule has 2 atom stereocenters. The van der Waals surface area contributed by atoms with Crippen molar-refractivity contribution in [1.29, 1.82) is 0 Å². The standard InChI is InChI=1S/C13H19FN2/c1-9(2)16-7-6-12(15)13(16)10-4-3-5-11(14)8-10/h3-5,8-9,12-13H,6-7,15H2,1-2H3/t12-,13+/m1/s1. The Kier molecular flexibility index (Phi) is 3.26. The lowest BCUT2D eigenvalue weighted by atomic mass is 10.00. The number of nitrogens with two attached hydrogens (primary N) is 1. The number of hydrogen-bond acceptors (Lipinski definition) is 2. The van der Waals surface area contributed by atoms with Crippen molar-refractivity contribution < 1.29 is 4.39 Å². The van der Waals surface area contributed by atoms with Gasteiger partial charge < -0.3 is 5.73 Å². The number of likely N-dealkylation sites (tertiary alicyclic amines) is 1. The molecule has 3 heteroatoms. The second-order valence-corrected chi connectivity index (χ2v) is 4.78. The van der Waals surface area contributed by atoms with Gasteiger partial charge in [-0.25, -0.2) is 4.39 Å². The minimum atomic E-state index is -0.180. The van der Waals surface area contributed by atoms with Crippen LogP contribution in [0.25, 0.3) is 0 Å². The largest absolute Gasteiger partial charge is 0.326 e. The molecule has 1 aliphatic heterocycles. The van der Waals surface area contributed by atoms with E-state index in [0.29, 0.717) is 6.04 Å². The summed E-state index contributed by atoms with van der Waals surface area (Å²) in [5.74, 6) is -0.180. The maximum Gasteiger partial charge on any atom is 0.123 e. The van der Waals surface area contributed by atoms with Crippen LogP contribution >= 0.6 is 0 Å². The fourth-order valence-corrected chi connectivity index (χ4v) is 2.55. The van der Waals surface area contributed by atoms with Crippen LogP contribution in [0, 0.1) is 5.82 Å². The van der Waals surface area contributed by atoms with Crippen molar-refractivity contribution in [2.24, 2.45) is 5.73 Å². The maximum atomic E-state index is 13.2. The lowest BCUT2D eigenvalue weighted by molar-refractivity contribution is 0.198. The molecule has 0 aliphatic carbocycles. The Labute approximate surface area is 96.2 Å². The summed E-state index contributed by atoms with van der Waals surface area (Å²) in [7, 11) is 0. The van der Waals surface area contributed by atoms with Crippen molar-refractivity contribution >= 4 is 0 Å². The molecule has 0 saturated carbocycles. The number of halogens is 1. The van der Waals surface area contributed by atoms with Gasteiger partial charge in [0.15, 0.2) is 0 Å². The summed E-state index contributed by atoms with van der Waals surface area (Å²) in [6.45, 7) is 5.31. The van der Waals surface area contributed by atoms with Gasteiger partial charge in [0, 0.05) is 18.6 Å². The zero-order valence-corrected chi connectivity index (χ0v) is 9.86. The highest BCUT2D eigenvalue weighted by atomic mass is 19.1. The predicted octanol–water partition coefficient (Wildman–Crippen LogP) is 2.31. The van der Waals surface area contributed by atoms with E-state index in [1.165, 1.54) is 6.07 Å². The summed E-state index contributed by atoms with van der Waals surface area (Å²) < 4.78 is 13.2. The third-order valence-electron chi connectivity index (χ3n) is 3.34. The van der Waals surface area contributed by atoms with Crippen molar-refractivity contribution in [3.63, 3.8) is 0 Å². The molecule has 88 valence electrons. The smallest absolute Gasteiger partial charge is 0.123 e. The predicted molar refractivity (Wildman–Crippen MR) is 63.6 cm³/mol. The Balaban J connectivity index is 2.30. The zero-order chi connectivity index (χ0) is 11.7. The molecule has 1 saturated heterocycles. The van der Waals surface area contributed by atoms with Gasteiger partial charge in [0.2, 0.25) is 0 Å². The summed E-state index contributed by atoms with van der Waals surface area (Å²) in [6, 6.07) is 7.53. The van der Waals surface area contributed by atoms with Gasteiger partial charge in [-0.1, -0.05) is 12.1 Å². The first-order valence-electron chi connectivity index (χ1n) is 5.86. The Morgan fingerprint density at radius 3 is 2.81 bits per heavy atom. The van der Waals surface area contributed by atoms with Gasteiger partial charge in [-0.3, -0.25) is 4.90 Å². The summed E-state index contributed by atoms with van der Waals surface area (Å²) in [4.78, 5) is 2.35. The van der Waals surface area contributed by atoms with Crippen molar-refractivity contribution in [3.05, 3.63) is 35.6 Å². The molecular weight excluding hydrogens is 203 g/mol. The van der Waals surface area contributed by atoms with Gasteiger partial charge in [0.25, 0.3) is 0 Å². The molecule has 1 aromatic carbocycles. The van der Waals surface area contributed by atoms with Gasteiger partial charge in [0.05, 0.1) is 6.04 Å². The van der Waals surface area contributed by atoms with E-state index >= 15 is 0 Å². The monoisotopic (exact) mass is 222 g/mol. The van der Waals surface area contributed by atoms with Gasteiger partial charge in [0.1, 0.15) is 5.82 Å². The van der Waals surface area contributed by atoms with Crippen molar-refractivity contribution in [2.75, 3.05) is 6.54 Å². The molecule has 0 aromatic heterocycles. The topological polar surface area (TPSA) is 29.3 Å². The normalized spacial score (nSPS) is 26.6. The number of hydrogen-bond donors (Lipinski definition) is 1. The Morgan fingerprint density at radius 2 is 2.19 bits per heavy atom. The molecular formula is C13H19FN2. The SMILES string of the molecule is CC(C)N1CC[C@@H](N)[C@@H]1c1cccc(F)c1. The highest BCUT2D eigenvalue weighted by molar-refractivity contribution is 5.23. The molecule has 2 rings (SSSR count). The van der Waals surface area contributed by atoms with E-state index in [-0.39, 0.29) is 17.9 Å². The summed E-state index contributed by atoms with van der Waals surface area (Å²) >= 11 is 0. The lowest BCUT2D eigenvalue weighted by Crippen LogP contribution is -2.35. The highest BCUT2D eigenvalue weighted by Gasteiger charge is 2.34. The van der Waals surface area contributed by atoms with E-state index in [9.17, 15) is 4.39 Å². The quantitative estimate of drug-likeness (QED) is 0.832. The Bertz CT molecular complexity index is 365. The molecule has 0 amide bonds. The Morgan fingerprint density at radius 1 is 1.44 bits per heavy atom. The second-order valence-electron chi connectivity index (χ2n) is 4.78. The third-order valence-corrected chi connectivity index (χ3v) is 3.34. The van der Waals surface area contributed by atoms with E-state index in [1.807, 2.05) is 6.07 Å². The molecule has 0 spiro atoms. The molecule has 1 heterocycles. The van der Waals surface area contributed by atoms with E-state index < -0.39 is 0 Å². The highest BCUT2D eigenvalue weighted by Crippen LogP contribution is 2.32. The van der Waals surface area contributed by atoms with Gasteiger partial charge in [-0.2, -0.15) is 0 Å². The first kappa shape index (κ1) is 11.6. The van der Waals surface area contributed by atoms with Crippen molar-refractivity contribution in [1.82, 2.24) is 4.90 Å². The average molecular weight is 222 g/mol.